The highest BCUT2D eigenvalue weighted by molar-refractivity contribution is 7.15. The molecule has 3 rings (SSSR count). The number of nitrogens with zero attached hydrogens (tertiary/aromatic N) is 2. The number of hydrogen-bond donors (Lipinski definition) is 1. The van der Waals surface area contributed by atoms with E-state index in [9.17, 15) is 0 Å². The van der Waals surface area contributed by atoms with Crippen molar-refractivity contribution in [2.45, 2.75) is 39.3 Å². The Morgan fingerprint density at radius 1 is 1.39 bits per heavy atom. The third kappa shape index (κ3) is 2.44. The highest BCUT2D eigenvalue weighted by atomic mass is 32.1. The molecule has 1 fully saturated rings. The first kappa shape index (κ1) is 11.8. The van der Waals surface area contributed by atoms with Crippen LogP contribution in [0, 0.1) is 13.8 Å². The Balaban J connectivity index is 1.84. The predicted octanol–water partition coefficient (Wildman–Crippen LogP) is 3.07. The van der Waals surface area contributed by atoms with Crippen LogP contribution in [0.5, 0.6) is 0 Å². The number of nitrogens with one attached hydrogen (secondary N) is 1. The SMILES string of the molecule is Cc1ccncc1-c1nc(C)c(CNC2CC2)s1. The molecule has 3 nitrogen and oxygen atoms in total. The first-order valence-electron chi connectivity index (χ1n) is 6.34. The molecule has 0 atom stereocenters. The minimum Gasteiger partial charge on any atom is -0.309 e. The molecule has 1 saturated carbocycles. The molecular weight excluding hydrogens is 242 g/mol. The smallest absolute Gasteiger partial charge is 0.125 e. The minimum absolute atomic E-state index is 0.745. The highest BCUT2D eigenvalue weighted by Crippen LogP contribution is 2.30. The third-order valence-corrected chi connectivity index (χ3v) is 4.48. The lowest BCUT2D eigenvalue weighted by Crippen LogP contribution is -2.14. The Hall–Kier alpha value is -1.26. The standard InChI is InChI=1S/C14H17N3S/c1-9-5-6-15-7-12(9)14-17-10(2)13(18-14)8-16-11-3-4-11/h5-7,11,16H,3-4,8H2,1-2H3. The van der Waals surface area contributed by atoms with Crippen molar-refractivity contribution in [2.75, 3.05) is 0 Å². The molecule has 4 heteroatoms. The van der Waals surface area contributed by atoms with Gasteiger partial charge in [0.15, 0.2) is 0 Å². The van der Waals surface area contributed by atoms with Crippen LogP contribution in [0.4, 0.5) is 0 Å². The summed E-state index contributed by atoms with van der Waals surface area (Å²) in [5, 5.41) is 4.64. The molecule has 0 unspecified atom stereocenters. The van der Waals surface area contributed by atoms with Crippen LogP contribution in [0.1, 0.15) is 29.0 Å². The molecule has 1 aliphatic rings. The topological polar surface area (TPSA) is 37.8 Å². The normalized spacial score (nSPS) is 15.0. The van der Waals surface area contributed by atoms with Crippen LogP contribution >= 0.6 is 11.3 Å². The first-order valence-corrected chi connectivity index (χ1v) is 7.16. The van der Waals surface area contributed by atoms with Gasteiger partial charge in [-0.15, -0.1) is 11.3 Å². The van der Waals surface area contributed by atoms with E-state index in [4.69, 9.17) is 0 Å². The summed E-state index contributed by atoms with van der Waals surface area (Å²) in [5.41, 5.74) is 3.54. The summed E-state index contributed by atoms with van der Waals surface area (Å²) >= 11 is 1.78. The van der Waals surface area contributed by atoms with E-state index >= 15 is 0 Å². The van der Waals surface area contributed by atoms with Gasteiger partial charge in [0, 0.05) is 35.4 Å². The fourth-order valence-electron chi connectivity index (χ4n) is 1.92. The summed E-state index contributed by atoms with van der Waals surface area (Å²) in [6.07, 6.45) is 6.39. The molecule has 2 aromatic rings. The lowest BCUT2D eigenvalue weighted by Gasteiger charge is -2.00. The van der Waals surface area contributed by atoms with E-state index in [1.54, 1.807) is 11.3 Å². The van der Waals surface area contributed by atoms with E-state index in [0.717, 1.165) is 28.9 Å². The number of hydrogen-bond acceptors (Lipinski definition) is 4. The molecule has 0 radical (unpaired) electrons. The van der Waals surface area contributed by atoms with Gasteiger partial charge in [-0.1, -0.05) is 0 Å². The summed E-state index contributed by atoms with van der Waals surface area (Å²) in [5.74, 6) is 0. The quantitative estimate of drug-likeness (QED) is 0.917. The average Bonchev–Trinajstić information content (AvgIpc) is 3.11. The fraction of sp³-hybridized carbons (Fsp3) is 0.429. The van der Waals surface area contributed by atoms with E-state index in [1.165, 1.54) is 23.3 Å². The highest BCUT2D eigenvalue weighted by Gasteiger charge is 2.21. The molecule has 94 valence electrons. The Morgan fingerprint density at radius 3 is 2.94 bits per heavy atom. The van der Waals surface area contributed by atoms with Crippen LogP contribution in [0.15, 0.2) is 18.5 Å². The van der Waals surface area contributed by atoms with Crippen LogP contribution < -0.4 is 5.32 Å². The van der Waals surface area contributed by atoms with Gasteiger partial charge < -0.3 is 5.32 Å². The van der Waals surface area contributed by atoms with E-state index in [0.29, 0.717) is 0 Å². The van der Waals surface area contributed by atoms with Crippen molar-refractivity contribution in [3.8, 4) is 10.6 Å². The van der Waals surface area contributed by atoms with Crippen molar-refractivity contribution in [2.24, 2.45) is 0 Å². The molecule has 0 amide bonds. The molecule has 2 heterocycles. The third-order valence-electron chi connectivity index (χ3n) is 3.29. The van der Waals surface area contributed by atoms with Gasteiger partial charge in [0.05, 0.1) is 5.69 Å². The molecule has 0 spiro atoms. The molecule has 0 aliphatic heterocycles. The summed E-state index contributed by atoms with van der Waals surface area (Å²) < 4.78 is 0. The van der Waals surface area contributed by atoms with E-state index < -0.39 is 0 Å². The van der Waals surface area contributed by atoms with Crippen molar-refractivity contribution in [1.82, 2.24) is 15.3 Å². The van der Waals surface area contributed by atoms with Crippen molar-refractivity contribution >= 4 is 11.3 Å². The zero-order valence-electron chi connectivity index (χ0n) is 10.7. The van der Waals surface area contributed by atoms with Crippen LogP contribution in [-0.2, 0) is 6.54 Å². The molecular formula is C14H17N3S. The summed E-state index contributed by atoms with van der Waals surface area (Å²) in [6.45, 7) is 5.15. The zero-order chi connectivity index (χ0) is 12.5. The van der Waals surface area contributed by atoms with Gasteiger partial charge in [0.1, 0.15) is 5.01 Å². The number of aromatic nitrogens is 2. The van der Waals surface area contributed by atoms with Crippen molar-refractivity contribution in [3.05, 3.63) is 34.6 Å². The zero-order valence-corrected chi connectivity index (χ0v) is 11.5. The Morgan fingerprint density at radius 2 is 2.22 bits per heavy atom. The fourth-order valence-corrected chi connectivity index (χ4v) is 3.01. The maximum Gasteiger partial charge on any atom is 0.125 e. The van der Waals surface area contributed by atoms with Crippen LogP contribution in [-0.4, -0.2) is 16.0 Å². The number of thiazole rings is 1. The summed E-state index contributed by atoms with van der Waals surface area (Å²) in [4.78, 5) is 10.2. The molecule has 0 bridgehead atoms. The first-order chi connectivity index (χ1) is 8.74. The number of pyridine rings is 1. The molecule has 1 N–H and O–H groups in total. The lowest BCUT2D eigenvalue weighted by molar-refractivity contribution is 0.691. The molecule has 18 heavy (non-hydrogen) atoms. The van der Waals surface area contributed by atoms with E-state index in [2.05, 4.69) is 29.1 Å². The Kier molecular flexibility index (Phi) is 3.14. The second-order valence-electron chi connectivity index (χ2n) is 4.87. The predicted molar refractivity (Wildman–Crippen MR) is 74.7 cm³/mol. The average molecular weight is 259 g/mol. The number of rotatable bonds is 4. The van der Waals surface area contributed by atoms with Gasteiger partial charge in [-0.05, 0) is 38.3 Å². The second-order valence-corrected chi connectivity index (χ2v) is 5.96. The van der Waals surface area contributed by atoms with Crippen molar-refractivity contribution < 1.29 is 0 Å². The second kappa shape index (κ2) is 4.78. The van der Waals surface area contributed by atoms with E-state index in [1.807, 2.05) is 18.5 Å². The van der Waals surface area contributed by atoms with Gasteiger partial charge in [0.2, 0.25) is 0 Å². The van der Waals surface area contributed by atoms with Crippen molar-refractivity contribution in [1.29, 1.82) is 0 Å². The monoisotopic (exact) mass is 259 g/mol. The van der Waals surface area contributed by atoms with Gasteiger partial charge in [-0.3, -0.25) is 4.98 Å². The maximum atomic E-state index is 4.68. The molecule has 0 saturated heterocycles. The Labute approximate surface area is 111 Å². The van der Waals surface area contributed by atoms with Gasteiger partial charge in [-0.2, -0.15) is 0 Å². The summed E-state index contributed by atoms with van der Waals surface area (Å²) in [6, 6.07) is 2.78. The van der Waals surface area contributed by atoms with Gasteiger partial charge in [-0.25, -0.2) is 4.98 Å². The Bertz CT molecular complexity index is 558. The minimum atomic E-state index is 0.745. The lowest BCUT2D eigenvalue weighted by atomic mass is 10.2. The molecule has 1 aliphatic carbocycles. The van der Waals surface area contributed by atoms with E-state index in [-0.39, 0.29) is 0 Å². The van der Waals surface area contributed by atoms with Gasteiger partial charge in [0.25, 0.3) is 0 Å². The van der Waals surface area contributed by atoms with Crippen LogP contribution in [0.3, 0.4) is 0 Å². The van der Waals surface area contributed by atoms with Crippen molar-refractivity contribution in [3.63, 3.8) is 0 Å². The molecule has 0 aromatic carbocycles. The largest absolute Gasteiger partial charge is 0.309 e. The molecule has 2 aromatic heterocycles. The maximum absolute atomic E-state index is 4.68. The number of aryl methyl sites for hydroxylation is 2. The van der Waals surface area contributed by atoms with Gasteiger partial charge >= 0.3 is 0 Å². The summed E-state index contributed by atoms with van der Waals surface area (Å²) in [7, 11) is 0. The van der Waals surface area contributed by atoms with Crippen LogP contribution in [0.2, 0.25) is 0 Å². The van der Waals surface area contributed by atoms with Crippen LogP contribution in [0.25, 0.3) is 10.6 Å².